The summed E-state index contributed by atoms with van der Waals surface area (Å²) in [5.41, 5.74) is -0.835. The number of ether oxygens (including phenoxy) is 2. The summed E-state index contributed by atoms with van der Waals surface area (Å²) in [7, 11) is 1.26. The molecule has 164 valence electrons. The second kappa shape index (κ2) is 8.46. The molecule has 3 heterocycles. The smallest absolute Gasteiger partial charge is 0.274 e. The maximum atomic E-state index is 13.8. The molecule has 1 saturated heterocycles. The highest BCUT2D eigenvalue weighted by Crippen LogP contribution is 2.28. The minimum Gasteiger partial charge on any atom is -0.491 e. The first kappa shape index (κ1) is 21.0. The molecule has 1 atom stereocenters. The molecule has 8 nitrogen and oxygen atoms in total. The van der Waals surface area contributed by atoms with Gasteiger partial charge in [0.1, 0.15) is 17.2 Å². The maximum absolute atomic E-state index is 13.8. The Morgan fingerprint density at radius 2 is 2.13 bits per heavy atom. The van der Waals surface area contributed by atoms with E-state index >= 15 is 0 Å². The quantitative estimate of drug-likeness (QED) is 0.789. The van der Waals surface area contributed by atoms with Gasteiger partial charge in [0.25, 0.3) is 11.8 Å². The van der Waals surface area contributed by atoms with E-state index in [-0.39, 0.29) is 41.1 Å². The third-order valence-electron chi connectivity index (χ3n) is 5.44. The number of methoxy groups -OCH3 is 1. The van der Waals surface area contributed by atoms with Gasteiger partial charge in [-0.15, -0.1) is 0 Å². The molecule has 1 unspecified atom stereocenters. The van der Waals surface area contributed by atoms with Crippen molar-refractivity contribution in [3.63, 3.8) is 0 Å². The Kier molecular flexibility index (Phi) is 5.73. The number of amides is 2. The minimum absolute atomic E-state index is 0.0685. The van der Waals surface area contributed by atoms with Crippen molar-refractivity contribution in [2.24, 2.45) is 0 Å². The van der Waals surface area contributed by atoms with Crippen molar-refractivity contribution < 1.29 is 27.8 Å². The Labute approximate surface area is 176 Å². The molecule has 1 fully saturated rings. The Bertz CT molecular complexity index is 1100. The molecule has 1 aromatic heterocycles. The molecule has 4 rings (SSSR count). The molecule has 31 heavy (non-hydrogen) atoms. The average molecular weight is 433 g/mol. The summed E-state index contributed by atoms with van der Waals surface area (Å²) < 4.78 is 39.3. The highest BCUT2D eigenvalue weighted by atomic mass is 19.1. The summed E-state index contributed by atoms with van der Waals surface area (Å²) in [6, 6.07) is 2.71. The molecule has 0 aliphatic carbocycles. The second-order valence-corrected chi connectivity index (χ2v) is 7.41. The molecule has 2 aromatic rings. The number of hydrogen-bond acceptors (Lipinski definition) is 5. The van der Waals surface area contributed by atoms with Crippen molar-refractivity contribution >= 4 is 11.8 Å². The van der Waals surface area contributed by atoms with Gasteiger partial charge in [0.15, 0.2) is 11.4 Å². The Balaban J connectivity index is 1.69. The third-order valence-corrected chi connectivity index (χ3v) is 5.44. The molecule has 0 radical (unpaired) electrons. The number of nitrogens with zero attached hydrogens (tertiary/aromatic N) is 2. The summed E-state index contributed by atoms with van der Waals surface area (Å²) in [5, 5.41) is 2.47. The maximum Gasteiger partial charge on any atom is 0.274 e. The van der Waals surface area contributed by atoms with E-state index in [2.05, 4.69) is 5.32 Å². The van der Waals surface area contributed by atoms with Crippen LogP contribution in [0.3, 0.4) is 0 Å². The number of hydrogen-bond donors (Lipinski definition) is 1. The van der Waals surface area contributed by atoms with Crippen LogP contribution in [0.1, 0.15) is 38.9 Å². The predicted molar refractivity (Wildman–Crippen MR) is 105 cm³/mol. The lowest BCUT2D eigenvalue weighted by atomic mass is 10.1. The van der Waals surface area contributed by atoms with Gasteiger partial charge in [0.2, 0.25) is 5.43 Å². The van der Waals surface area contributed by atoms with Crippen LogP contribution in [0.4, 0.5) is 8.78 Å². The zero-order chi connectivity index (χ0) is 22.1. The number of rotatable bonds is 4. The van der Waals surface area contributed by atoms with Crippen molar-refractivity contribution in [3.8, 4) is 5.75 Å². The number of halogens is 2. The van der Waals surface area contributed by atoms with Gasteiger partial charge in [-0.3, -0.25) is 14.4 Å². The van der Waals surface area contributed by atoms with Gasteiger partial charge in [-0.1, -0.05) is 6.07 Å². The molecule has 1 aromatic carbocycles. The van der Waals surface area contributed by atoms with E-state index in [0.29, 0.717) is 38.8 Å². The Morgan fingerprint density at radius 3 is 2.87 bits per heavy atom. The van der Waals surface area contributed by atoms with Crippen LogP contribution in [0, 0.1) is 11.6 Å². The lowest BCUT2D eigenvalue weighted by Crippen LogP contribution is -2.48. The summed E-state index contributed by atoms with van der Waals surface area (Å²) in [6.07, 6.45) is 2.01. The van der Waals surface area contributed by atoms with Gasteiger partial charge in [-0.05, 0) is 12.5 Å². The van der Waals surface area contributed by atoms with Crippen molar-refractivity contribution in [1.29, 1.82) is 0 Å². The molecular weight excluding hydrogens is 412 g/mol. The fraction of sp³-hybridized carbons (Fsp3) is 0.381. The largest absolute Gasteiger partial charge is 0.491 e. The number of aromatic nitrogens is 1. The zero-order valence-corrected chi connectivity index (χ0v) is 16.8. The molecule has 10 heteroatoms. The number of pyridine rings is 1. The van der Waals surface area contributed by atoms with Crippen LogP contribution in [-0.2, 0) is 11.3 Å². The van der Waals surface area contributed by atoms with Crippen LogP contribution in [-0.4, -0.2) is 54.7 Å². The lowest BCUT2D eigenvalue weighted by Gasteiger charge is -2.38. The topological polar surface area (TPSA) is 89.9 Å². The Hall–Kier alpha value is -3.27. The van der Waals surface area contributed by atoms with Crippen molar-refractivity contribution in [1.82, 2.24) is 14.8 Å². The number of benzene rings is 1. The van der Waals surface area contributed by atoms with E-state index in [0.717, 1.165) is 6.07 Å². The molecule has 2 aliphatic heterocycles. The second-order valence-electron chi connectivity index (χ2n) is 7.41. The standard InChI is InChI=1S/C21H21F2N3O5/c1-30-19-17-21(29)25-5-2-6-31-11-14(9-25)26(17)10-15(18(19)27)20(28)24-8-12-3-4-13(22)7-16(12)23/h3-4,7,10,14H,2,5-6,8-9,11H2,1H3,(H,24,28). The van der Waals surface area contributed by atoms with Crippen LogP contribution in [0.15, 0.2) is 29.2 Å². The van der Waals surface area contributed by atoms with Crippen LogP contribution in [0.2, 0.25) is 0 Å². The van der Waals surface area contributed by atoms with Gasteiger partial charge in [-0.2, -0.15) is 0 Å². The molecular formula is C21H21F2N3O5. The molecule has 2 aliphatic rings. The Morgan fingerprint density at radius 1 is 1.32 bits per heavy atom. The van der Waals surface area contributed by atoms with Crippen molar-refractivity contribution in [2.45, 2.75) is 19.0 Å². The SMILES string of the molecule is COc1c2n(cc(C(=O)NCc3ccc(F)cc3F)c1=O)C1COCCCN(C1)C2=O. The van der Waals surface area contributed by atoms with E-state index < -0.39 is 23.0 Å². The lowest BCUT2D eigenvalue weighted by molar-refractivity contribution is 0.0323. The van der Waals surface area contributed by atoms with E-state index in [1.54, 1.807) is 9.47 Å². The van der Waals surface area contributed by atoms with Crippen LogP contribution in [0.5, 0.6) is 5.75 Å². The average Bonchev–Trinajstić information content (AvgIpc) is 2.72. The first-order valence-corrected chi connectivity index (χ1v) is 9.83. The summed E-state index contributed by atoms with van der Waals surface area (Å²) >= 11 is 0. The first-order chi connectivity index (χ1) is 14.9. The molecule has 2 amide bonds. The monoisotopic (exact) mass is 433 g/mol. The van der Waals surface area contributed by atoms with Gasteiger partial charge >= 0.3 is 0 Å². The number of fused-ring (bicyclic) bond motifs is 4. The van der Waals surface area contributed by atoms with E-state index in [4.69, 9.17) is 9.47 Å². The molecule has 2 bridgehead atoms. The molecule has 1 N–H and O–H groups in total. The normalized spacial score (nSPS) is 18.1. The van der Waals surface area contributed by atoms with E-state index in [1.165, 1.54) is 19.4 Å². The zero-order valence-electron chi connectivity index (χ0n) is 16.8. The van der Waals surface area contributed by atoms with Crippen LogP contribution in [0.25, 0.3) is 0 Å². The minimum atomic E-state index is -0.808. The van der Waals surface area contributed by atoms with Gasteiger partial charge in [0, 0.05) is 44.1 Å². The van der Waals surface area contributed by atoms with E-state index in [9.17, 15) is 23.2 Å². The summed E-state index contributed by atoms with van der Waals surface area (Å²) in [5.74, 6) is -2.86. The number of carbonyl (C=O) groups excluding carboxylic acids is 2. The van der Waals surface area contributed by atoms with Gasteiger partial charge < -0.3 is 24.3 Å². The molecule has 0 saturated carbocycles. The highest BCUT2D eigenvalue weighted by molar-refractivity contribution is 5.99. The summed E-state index contributed by atoms with van der Waals surface area (Å²) in [6.45, 7) is 1.46. The van der Waals surface area contributed by atoms with Gasteiger partial charge in [-0.25, -0.2) is 8.78 Å². The first-order valence-electron chi connectivity index (χ1n) is 9.83. The fourth-order valence-electron chi connectivity index (χ4n) is 3.87. The van der Waals surface area contributed by atoms with Crippen LogP contribution >= 0.6 is 0 Å². The van der Waals surface area contributed by atoms with Crippen molar-refractivity contribution in [3.05, 3.63) is 63.1 Å². The van der Waals surface area contributed by atoms with Crippen molar-refractivity contribution in [2.75, 3.05) is 33.4 Å². The van der Waals surface area contributed by atoms with E-state index in [1.807, 2.05) is 0 Å². The third kappa shape index (κ3) is 3.90. The van der Waals surface area contributed by atoms with Crippen LogP contribution < -0.4 is 15.5 Å². The highest BCUT2D eigenvalue weighted by Gasteiger charge is 2.36. The van der Waals surface area contributed by atoms with Gasteiger partial charge in [0.05, 0.1) is 19.8 Å². The number of nitrogens with one attached hydrogen (secondary N) is 1. The number of carbonyl (C=O) groups is 2. The molecule has 0 spiro atoms. The predicted octanol–water partition coefficient (Wildman–Crippen LogP) is 1.48. The fourth-order valence-corrected chi connectivity index (χ4v) is 3.87. The summed E-state index contributed by atoms with van der Waals surface area (Å²) in [4.78, 5) is 40.3.